The van der Waals surface area contributed by atoms with E-state index in [1.54, 1.807) is 0 Å². The van der Waals surface area contributed by atoms with Crippen molar-refractivity contribution < 1.29 is 9.47 Å². The maximum Gasteiger partial charge on any atom is 0.128 e. The van der Waals surface area contributed by atoms with Crippen LogP contribution in [0.3, 0.4) is 0 Å². The summed E-state index contributed by atoms with van der Waals surface area (Å²) in [5.74, 6) is 0.967. The largest absolute Gasteiger partial charge is 0.487 e. The van der Waals surface area contributed by atoms with E-state index in [1.165, 1.54) is 16.7 Å². The summed E-state index contributed by atoms with van der Waals surface area (Å²) in [6.07, 6.45) is 1.01. The summed E-state index contributed by atoms with van der Waals surface area (Å²) in [5, 5.41) is 0. The Morgan fingerprint density at radius 1 is 1.28 bits per heavy atom. The fraction of sp³-hybridized carbons (Fsp3) is 0.600. The van der Waals surface area contributed by atoms with E-state index in [-0.39, 0.29) is 18.2 Å². The zero-order valence-corrected chi connectivity index (χ0v) is 11.7. The van der Waals surface area contributed by atoms with E-state index in [4.69, 9.17) is 15.2 Å². The minimum Gasteiger partial charge on any atom is -0.487 e. The lowest BCUT2D eigenvalue weighted by molar-refractivity contribution is -0.0947. The van der Waals surface area contributed by atoms with Gasteiger partial charge in [0.05, 0.1) is 0 Å². The highest BCUT2D eigenvalue weighted by molar-refractivity contribution is 5.42. The second kappa shape index (κ2) is 5.29. The average molecular weight is 249 g/mol. The van der Waals surface area contributed by atoms with E-state index >= 15 is 0 Å². The molecule has 0 aromatic heterocycles. The van der Waals surface area contributed by atoms with Crippen molar-refractivity contribution in [3.8, 4) is 5.75 Å². The molecule has 1 aromatic rings. The van der Waals surface area contributed by atoms with Crippen LogP contribution in [0.4, 0.5) is 0 Å². The Morgan fingerprint density at radius 2 is 2.00 bits per heavy atom. The van der Waals surface area contributed by atoms with Gasteiger partial charge in [-0.1, -0.05) is 6.07 Å². The third-order valence-electron chi connectivity index (χ3n) is 3.69. The Morgan fingerprint density at radius 3 is 2.61 bits per heavy atom. The second-order valence-electron chi connectivity index (χ2n) is 5.18. The fourth-order valence-electron chi connectivity index (χ4n) is 2.44. The molecule has 0 amide bonds. The summed E-state index contributed by atoms with van der Waals surface area (Å²) in [6.45, 7) is 8.97. The number of nitrogens with two attached hydrogens (primary N) is 1. The van der Waals surface area contributed by atoms with Gasteiger partial charge in [0.1, 0.15) is 18.0 Å². The molecule has 0 heterocycles. The Balaban J connectivity index is 2.10. The minimum atomic E-state index is 0.0372. The van der Waals surface area contributed by atoms with Crippen molar-refractivity contribution in [2.75, 3.05) is 6.61 Å². The van der Waals surface area contributed by atoms with Crippen molar-refractivity contribution >= 4 is 0 Å². The lowest BCUT2D eigenvalue weighted by Crippen LogP contribution is -2.59. The highest BCUT2D eigenvalue weighted by Gasteiger charge is 2.41. The lowest BCUT2D eigenvalue weighted by Gasteiger charge is -2.42. The highest BCUT2D eigenvalue weighted by atomic mass is 16.5. The van der Waals surface area contributed by atoms with Gasteiger partial charge in [0, 0.05) is 19.1 Å². The smallest absolute Gasteiger partial charge is 0.128 e. The molecule has 2 rings (SSSR count). The quantitative estimate of drug-likeness (QED) is 0.891. The van der Waals surface area contributed by atoms with Gasteiger partial charge in [-0.3, -0.25) is 0 Å². The molecule has 2 N–H and O–H groups in total. The van der Waals surface area contributed by atoms with Crippen LogP contribution in [-0.4, -0.2) is 24.9 Å². The summed E-state index contributed by atoms with van der Waals surface area (Å²) in [6, 6.07) is 4.38. The van der Waals surface area contributed by atoms with Gasteiger partial charge in [-0.25, -0.2) is 0 Å². The van der Waals surface area contributed by atoms with Gasteiger partial charge in [-0.2, -0.15) is 0 Å². The standard InChI is InChI=1S/C15H23NO2/c1-5-17-15-12(16)8-14(15)18-13-7-9(2)6-10(3)11(13)4/h6-7,12,14-15H,5,8,16H2,1-4H3. The van der Waals surface area contributed by atoms with Crippen LogP contribution in [0.2, 0.25) is 0 Å². The van der Waals surface area contributed by atoms with Gasteiger partial charge in [0.2, 0.25) is 0 Å². The van der Waals surface area contributed by atoms with Gasteiger partial charge in [0.25, 0.3) is 0 Å². The lowest BCUT2D eigenvalue weighted by atomic mass is 9.86. The first kappa shape index (κ1) is 13.4. The van der Waals surface area contributed by atoms with Gasteiger partial charge in [0.15, 0.2) is 0 Å². The Bertz CT molecular complexity index is 431. The predicted molar refractivity (Wildman–Crippen MR) is 73.1 cm³/mol. The van der Waals surface area contributed by atoms with E-state index < -0.39 is 0 Å². The molecule has 3 heteroatoms. The molecule has 18 heavy (non-hydrogen) atoms. The molecule has 0 saturated heterocycles. The van der Waals surface area contributed by atoms with Crippen LogP contribution >= 0.6 is 0 Å². The Kier molecular flexibility index (Phi) is 3.93. The Labute approximate surface area is 109 Å². The summed E-state index contributed by atoms with van der Waals surface area (Å²) < 4.78 is 11.7. The summed E-state index contributed by atoms with van der Waals surface area (Å²) in [7, 11) is 0. The first-order valence-corrected chi connectivity index (χ1v) is 6.64. The van der Waals surface area contributed by atoms with Crippen molar-refractivity contribution in [3.05, 3.63) is 28.8 Å². The second-order valence-corrected chi connectivity index (χ2v) is 5.18. The maximum absolute atomic E-state index is 6.07. The number of aryl methyl sites for hydroxylation is 2. The molecule has 1 aliphatic carbocycles. The zero-order valence-electron chi connectivity index (χ0n) is 11.7. The first-order chi connectivity index (χ1) is 8.52. The van der Waals surface area contributed by atoms with Gasteiger partial charge < -0.3 is 15.2 Å². The van der Waals surface area contributed by atoms with Crippen LogP contribution in [0.1, 0.15) is 30.0 Å². The summed E-state index contributed by atoms with van der Waals surface area (Å²) in [5.41, 5.74) is 9.64. The molecule has 3 atom stereocenters. The number of hydrogen-bond acceptors (Lipinski definition) is 3. The van der Waals surface area contributed by atoms with E-state index in [0.717, 1.165) is 12.2 Å². The monoisotopic (exact) mass is 249 g/mol. The van der Waals surface area contributed by atoms with E-state index in [9.17, 15) is 0 Å². The molecular formula is C15H23NO2. The third-order valence-corrected chi connectivity index (χ3v) is 3.69. The van der Waals surface area contributed by atoms with Gasteiger partial charge in [-0.05, 0) is 50.5 Å². The highest BCUT2D eigenvalue weighted by Crippen LogP contribution is 2.31. The Hall–Kier alpha value is -1.06. The molecular weight excluding hydrogens is 226 g/mol. The normalized spacial score (nSPS) is 26.8. The van der Waals surface area contributed by atoms with Crippen molar-refractivity contribution in [3.63, 3.8) is 0 Å². The van der Waals surface area contributed by atoms with Crippen molar-refractivity contribution in [1.82, 2.24) is 0 Å². The molecule has 100 valence electrons. The number of rotatable bonds is 4. The van der Waals surface area contributed by atoms with Crippen LogP contribution < -0.4 is 10.5 Å². The van der Waals surface area contributed by atoms with Crippen molar-refractivity contribution in [2.45, 2.75) is 52.4 Å². The summed E-state index contributed by atoms with van der Waals surface area (Å²) in [4.78, 5) is 0. The SMILES string of the molecule is CCOC1C(N)CC1Oc1cc(C)cc(C)c1C. The van der Waals surface area contributed by atoms with E-state index in [1.807, 2.05) is 6.92 Å². The van der Waals surface area contributed by atoms with Crippen LogP contribution in [0.25, 0.3) is 0 Å². The van der Waals surface area contributed by atoms with Crippen molar-refractivity contribution in [1.29, 1.82) is 0 Å². The van der Waals surface area contributed by atoms with Crippen LogP contribution in [-0.2, 0) is 4.74 Å². The van der Waals surface area contributed by atoms with E-state index in [0.29, 0.717) is 6.61 Å². The molecule has 3 unspecified atom stereocenters. The van der Waals surface area contributed by atoms with E-state index in [2.05, 4.69) is 32.9 Å². The van der Waals surface area contributed by atoms with Crippen LogP contribution in [0.5, 0.6) is 5.75 Å². The maximum atomic E-state index is 6.07. The molecule has 1 aromatic carbocycles. The third kappa shape index (κ3) is 2.52. The molecule has 0 radical (unpaired) electrons. The van der Waals surface area contributed by atoms with Crippen molar-refractivity contribution in [2.24, 2.45) is 5.73 Å². The molecule has 0 spiro atoms. The number of benzene rings is 1. The average Bonchev–Trinajstić information content (AvgIpc) is 2.31. The molecule has 0 aliphatic heterocycles. The topological polar surface area (TPSA) is 44.5 Å². The molecule has 0 bridgehead atoms. The van der Waals surface area contributed by atoms with Crippen LogP contribution in [0.15, 0.2) is 12.1 Å². The first-order valence-electron chi connectivity index (χ1n) is 6.64. The van der Waals surface area contributed by atoms with Gasteiger partial charge >= 0.3 is 0 Å². The fourth-order valence-corrected chi connectivity index (χ4v) is 2.44. The predicted octanol–water partition coefficient (Wildman–Crippen LogP) is 2.50. The molecule has 1 saturated carbocycles. The minimum absolute atomic E-state index is 0.0372. The van der Waals surface area contributed by atoms with Crippen LogP contribution in [0, 0.1) is 20.8 Å². The van der Waals surface area contributed by atoms with Gasteiger partial charge in [-0.15, -0.1) is 0 Å². The molecule has 1 aliphatic rings. The number of ether oxygens (including phenoxy) is 2. The summed E-state index contributed by atoms with van der Waals surface area (Å²) >= 11 is 0. The number of hydrogen-bond donors (Lipinski definition) is 1. The molecule has 1 fully saturated rings. The zero-order chi connectivity index (χ0) is 13.3. The molecule has 3 nitrogen and oxygen atoms in total.